The van der Waals surface area contributed by atoms with Crippen molar-refractivity contribution >= 4 is 0 Å². The summed E-state index contributed by atoms with van der Waals surface area (Å²) in [6, 6.07) is -0.471. The van der Waals surface area contributed by atoms with Gasteiger partial charge in [-0.1, -0.05) is 13.3 Å². The van der Waals surface area contributed by atoms with Gasteiger partial charge < -0.3 is 20.6 Å². The standard InChI is InChI=1S/C11H24N2O3/c1-3-4-5-13-6-8(12-2)10(15)11(16)9(13)7-14/h8-12,14-16H,3-7H2,1-2H3/t8-,9+,10+,11+/m0/s1. The van der Waals surface area contributed by atoms with Crippen molar-refractivity contribution < 1.29 is 15.3 Å². The number of nitrogens with zero attached hydrogens (tertiary/aromatic N) is 1. The smallest absolute Gasteiger partial charge is 0.0992 e. The van der Waals surface area contributed by atoms with Gasteiger partial charge in [0, 0.05) is 12.6 Å². The van der Waals surface area contributed by atoms with E-state index in [1.807, 2.05) is 0 Å². The highest BCUT2D eigenvalue weighted by atomic mass is 16.3. The fourth-order valence-corrected chi connectivity index (χ4v) is 2.28. The zero-order chi connectivity index (χ0) is 12.1. The molecule has 1 saturated heterocycles. The second kappa shape index (κ2) is 6.51. The molecule has 0 aliphatic carbocycles. The topological polar surface area (TPSA) is 76.0 Å². The van der Waals surface area contributed by atoms with E-state index in [1.165, 1.54) is 0 Å². The Morgan fingerprint density at radius 2 is 2.00 bits per heavy atom. The van der Waals surface area contributed by atoms with Gasteiger partial charge in [0.1, 0.15) is 0 Å². The molecule has 0 aromatic heterocycles. The van der Waals surface area contributed by atoms with E-state index >= 15 is 0 Å². The molecule has 4 atom stereocenters. The van der Waals surface area contributed by atoms with Gasteiger partial charge in [0.2, 0.25) is 0 Å². The molecule has 1 aliphatic heterocycles. The quantitative estimate of drug-likeness (QED) is 0.478. The molecule has 4 N–H and O–H groups in total. The number of nitrogens with one attached hydrogen (secondary N) is 1. The SMILES string of the molecule is CCCCN1C[C@H](NC)[C@@H](O)[C@H](O)[C@H]1CO. The number of piperidine rings is 1. The number of likely N-dealkylation sites (N-methyl/N-ethyl adjacent to an activating group) is 1. The first-order valence-electron chi connectivity index (χ1n) is 6.04. The molecule has 0 radical (unpaired) electrons. The van der Waals surface area contributed by atoms with Gasteiger partial charge >= 0.3 is 0 Å². The van der Waals surface area contributed by atoms with E-state index < -0.39 is 12.2 Å². The summed E-state index contributed by atoms with van der Waals surface area (Å²) >= 11 is 0. The second-order valence-electron chi connectivity index (χ2n) is 4.47. The lowest BCUT2D eigenvalue weighted by molar-refractivity contribution is -0.104. The van der Waals surface area contributed by atoms with Crippen LogP contribution in [0.4, 0.5) is 0 Å². The normalized spacial score (nSPS) is 36.6. The first-order chi connectivity index (χ1) is 7.65. The third-order valence-corrected chi connectivity index (χ3v) is 3.41. The van der Waals surface area contributed by atoms with E-state index in [0.717, 1.165) is 19.4 Å². The van der Waals surface area contributed by atoms with Crippen LogP contribution in [0, 0.1) is 0 Å². The van der Waals surface area contributed by atoms with Crippen molar-refractivity contribution in [3.8, 4) is 0 Å². The summed E-state index contributed by atoms with van der Waals surface area (Å²) in [4.78, 5) is 2.06. The molecule has 1 heterocycles. The van der Waals surface area contributed by atoms with Gasteiger partial charge in [-0.3, -0.25) is 4.90 Å². The Morgan fingerprint density at radius 1 is 1.31 bits per heavy atom. The van der Waals surface area contributed by atoms with Crippen LogP contribution < -0.4 is 5.32 Å². The molecule has 5 heteroatoms. The summed E-state index contributed by atoms with van der Waals surface area (Å²) in [5, 5.41) is 32.0. The zero-order valence-corrected chi connectivity index (χ0v) is 10.1. The van der Waals surface area contributed by atoms with Crippen LogP contribution >= 0.6 is 0 Å². The van der Waals surface area contributed by atoms with Gasteiger partial charge in [-0.25, -0.2) is 0 Å². The lowest BCUT2D eigenvalue weighted by Crippen LogP contribution is -2.65. The summed E-state index contributed by atoms with van der Waals surface area (Å²) < 4.78 is 0. The van der Waals surface area contributed by atoms with Gasteiger partial charge in [-0.2, -0.15) is 0 Å². The van der Waals surface area contributed by atoms with Gasteiger partial charge in [-0.05, 0) is 20.0 Å². The molecule has 1 rings (SSSR count). The van der Waals surface area contributed by atoms with Crippen molar-refractivity contribution in [1.82, 2.24) is 10.2 Å². The van der Waals surface area contributed by atoms with Crippen molar-refractivity contribution in [1.29, 1.82) is 0 Å². The first-order valence-corrected chi connectivity index (χ1v) is 6.04. The van der Waals surface area contributed by atoms with E-state index in [1.54, 1.807) is 7.05 Å². The van der Waals surface area contributed by atoms with Crippen LogP contribution in [0.2, 0.25) is 0 Å². The highest BCUT2D eigenvalue weighted by Gasteiger charge is 2.40. The number of unbranched alkanes of at least 4 members (excludes halogenated alkanes) is 1. The summed E-state index contributed by atoms with van der Waals surface area (Å²) in [5.41, 5.74) is 0. The molecule has 0 amide bonds. The molecule has 0 unspecified atom stereocenters. The summed E-state index contributed by atoms with van der Waals surface area (Å²) in [7, 11) is 1.78. The van der Waals surface area contributed by atoms with Gasteiger partial charge in [0.05, 0.1) is 24.9 Å². The van der Waals surface area contributed by atoms with Gasteiger partial charge in [0.25, 0.3) is 0 Å². The van der Waals surface area contributed by atoms with Crippen LogP contribution in [-0.2, 0) is 0 Å². The van der Waals surface area contributed by atoms with Crippen LogP contribution in [0.5, 0.6) is 0 Å². The molecule has 5 nitrogen and oxygen atoms in total. The lowest BCUT2D eigenvalue weighted by atomic mass is 9.92. The van der Waals surface area contributed by atoms with E-state index in [2.05, 4.69) is 17.1 Å². The fraction of sp³-hybridized carbons (Fsp3) is 1.00. The predicted molar refractivity (Wildman–Crippen MR) is 62.2 cm³/mol. The average Bonchev–Trinajstić information content (AvgIpc) is 2.30. The van der Waals surface area contributed by atoms with E-state index in [9.17, 15) is 15.3 Å². The summed E-state index contributed by atoms with van der Waals surface area (Å²) in [6.45, 7) is 3.51. The first kappa shape index (κ1) is 13.9. The molecular formula is C11H24N2O3. The molecule has 16 heavy (non-hydrogen) atoms. The molecular weight excluding hydrogens is 208 g/mol. The van der Waals surface area contributed by atoms with Crippen LogP contribution in [0.1, 0.15) is 19.8 Å². The molecule has 1 fully saturated rings. The number of hydrogen-bond donors (Lipinski definition) is 4. The molecule has 0 bridgehead atoms. The van der Waals surface area contributed by atoms with E-state index in [-0.39, 0.29) is 18.7 Å². The zero-order valence-electron chi connectivity index (χ0n) is 10.1. The van der Waals surface area contributed by atoms with Crippen LogP contribution in [0.15, 0.2) is 0 Å². The minimum atomic E-state index is -0.881. The number of aliphatic hydroxyl groups excluding tert-OH is 3. The monoisotopic (exact) mass is 232 g/mol. The Kier molecular flexibility index (Phi) is 5.64. The van der Waals surface area contributed by atoms with Crippen LogP contribution in [-0.4, -0.2) is 71.3 Å². The van der Waals surface area contributed by atoms with E-state index in [4.69, 9.17) is 0 Å². The summed E-state index contributed by atoms with van der Waals surface area (Å²) in [5.74, 6) is 0. The Balaban J connectivity index is 2.65. The van der Waals surface area contributed by atoms with Crippen molar-refractivity contribution in [2.24, 2.45) is 0 Å². The molecule has 96 valence electrons. The maximum absolute atomic E-state index is 9.92. The maximum Gasteiger partial charge on any atom is 0.0992 e. The minimum Gasteiger partial charge on any atom is -0.395 e. The van der Waals surface area contributed by atoms with Crippen LogP contribution in [0.25, 0.3) is 0 Å². The largest absolute Gasteiger partial charge is 0.395 e. The number of aliphatic hydroxyl groups is 3. The third-order valence-electron chi connectivity index (χ3n) is 3.41. The van der Waals surface area contributed by atoms with Crippen molar-refractivity contribution in [3.05, 3.63) is 0 Å². The fourth-order valence-electron chi connectivity index (χ4n) is 2.28. The molecule has 0 spiro atoms. The highest BCUT2D eigenvalue weighted by Crippen LogP contribution is 2.19. The lowest BCUT2D eigenvalue weighted by Gasteiger charge is -2.44. The number of hydrogen-bond acceptors (Lipinski definition) is 5. The van der Waals surface area contributed by atoms with E-state index in [0.29, 0.717) is 6.54 Å². The summed E-state index contributed by atoms with van der Waals surface area (Å²) in [6.07, 6.45) is 0.431. The maximum atomic E-state index is 9.92. The van der Waals surface area contributed by atoms with Gasteiger partial charge in [-0.15, -0.1) is 0 Å². The Hall–Kier alpha value is -0.200. The molecule has 1 aliphatic rings. The molecule has 0 aromatic carbocycles. The third kappa shape index (κ3) is 2.93. The average molecular weight is 232 g/mol. The number of rotatable bonds is 5. The molecule has 0 aromatic rings. The Morgan fingerprint density at radius 3 is 2.50 bits per heavy atom. The van der Waals surface area contributed by atoms with Gasteiger partial charge in [0.15, 0.2) is 0 Å². The Bertz CT molecular complexity index is 204. The van der Waals surface area contributed by atoms with Crippen molar-refractivity contribution in [2.45, 2.75) is 44.1 Å². The van der Waals surface area contributed by atoms with Crippen molar-refractivity contribution in [2.75, 3.05) is 26.7 Å². The van der Waals surface area contributed by atoms with Crippen LogP contribution in [0.3, 0.4) is 0 Å². The minimum absolute atomic E-state index is 0.113. The second-order valence-corrected chi connectivity index (χ2v) is 4.47. The Labute approximate surface area is 97.1 Å². The predicted octanol–water partition coefficient (Wildman–Crippen LogP) is -1.23. The van der Waals surface area contributed by atoms with Crippen molar-refractivity contribution in [3.63, 3.8) is 0 Å². The number of likely N-dealkylation sites (tertiary alicyclic amines) is 1. The molecule has 0 saturated carbocycles. The highest BCUT2D eigenvalue weighted by molar-refractivity contribution is 4.96.